The van der Waals surface area contributed by atoms with Gasteiger partial charge in [0.25, 0.3) is 0 Å². The Balaban J connectivity index is 0.000000183. The second-order valence-corrected chi connectivity index (χ2v) is 25.0. The first kappa shape index (κ1) is 69.2. The average molecular weight is 1230 g/mol. The molecule has 0 radical (unpaired) electrons. The highest BCUT2D eigenvalue weighted by Crippen LogP contribution is 2.40. The molecule has 6 aliphatic rings. The number of aliphatic hydroxyl groups is 3. The monoisotopic (exact) mass is 1230 g/mol. The van der Waals surface area contributed by atoms with Crippen LogP contribution in [0.25, 0.3) is 21.8 Å². The lowest BCUT2D eigenvalue weighted by Gasteiger charge is -2.35. The number of nitrogens with zero attached hydrogens (tertiary/aromatic N) is 4. The van der Waals surface area contributed by atoms with Crippen LogP contribution in [0.15, 0.2) is 48.8 Å². The van der Waals surface area contributed by atoms with Crippen molar-refractivity contribution in [3.05, 3.63) is 70.0 Å². The fraction of sp³-hybridized carbons (Fsp3) is 0.694. The second kappa shape index (κ2) is 33.4. The first-order valence-corrected chi connectivity index (χ1v) is 30.7. The number of halogens is 6. The predicted molar refractivity (Wildman–Crippen MR) is 318 cm³/mol. The highest BCUT2D eigenvalue weighted by molar-refractivity contribution is 6.37. The molecule has 16 nitrogen and oxygen atoms in total. The van der Waals surface area contributed by atoms with Crippen molar-refractivity contribution in [1.82, 2.24) is 24.3 Å². The van der Waals surface area contributed by atoms with E-state index < -0.39 is 17.4 Å². The molecular weight excluding hydrogens is 1140 g/mol. The summed E-state index contributed by atoms with van der Waals surface area (Å²) >= 11 is 12.7. The molecule has 0 bridgehead atoms. The van der Waals surface area contributed by atoms with Gasteiger partial charge in [0.1, 0.15) is 5.60 Å². The number of aromatic amines is 1. The smallest absolute Gasteiger partial charge is 0.410 e. The largest absolute Gasteiger partial charge is 0.444 e. The van der Waals surface area contributed by atoms with Gasteiger partial charge in [-0.3, -0.25) is 24.3 Å². The Morgan fingerprint density at radius 2 is 1.15 bits per heavy atom. The zero-order chi connectivity index (χ0) is 61.0. The van der Waals surface area contributed by atoms with Crippen LogP contribution in [0.3, 0.4) is 0 Å². The molecule has 472 valence electrons. The maximum absolute atomic E-state index is 13.4. The fourth-order valence-corrected chi connectivity index (χ4v) is 11.7. The summed E-state index contributed by atoms with van der Waals surface area (Å²) < 4.78 is 81.4. The van der Waals surface area contributed by atoms with Crippen molar-refractivity contribution in [2.24, 2.45) is 17.8 Å². The molecule has 4 saturated heterocycles. The number of rotatable bonds is 13. The van der Waals surface area contributed by atoms with Gasteiger partial charge in [-0.1, -0.05) is 35.3 Å². The lowest BCUT2D eigenvalue weighted by molar-refractivity contribution is -0.0469. The van der Waals surface area contributed by atoms with Crippen LogP contribution in [0.1, 0.15) is 131 Å². The molecule has 4 aliphatic heterocycles. The van der Waals surface area contributed by atoms with Crippen LogP contribution in [-0.4, -0.2) is 199 Å². The standard InChI is InChI=1S/C23H29ClF2N2O2.C17H18ClF2NO.C10H19NO4.C6H13NO2.C6H12O2/c1-27-11-12-30-15-17(27)13-28-14-18(22-19(24)3-2-4-20(22)28)21(29)6-5-16-7-9-23(25,26)10-8-16;18-13-2-1-3-14-16(13)12(10-21-14)15(22)5-4-11-6-8-17(19,20)9-7-11;1-10(2,3)15-9(13)11-4-5-14-7-8(11)6-12;1-7-2-3-9-5-6(7)4-8;7-4-6-2-1-3-8-5-6/h2-4,14,16-17H,5-13,15H2,1H3;1-3,10-11,21H,4-9H2;8,12H,4-7H2,1-3H3;6,8H,2-5H2,1H3;6-7H,1-5H2. The number of morpholine rings is 3. The number of carbonyl (C=O) groups excluding carboxylic acids is 3. The van der Waals surface area contributed by atoms with Crippen LogP contribution in [0.2, 0.25) is 10.0 Å². The van der Waals surface area contributed by atoms with Gasteiger partial charge in [-0.15, -0.1) is 0 Å². The van der Waals surface area contributed by atoms with Gasteiger partial charge in [0.05, 0.1) is 93.1 Å². The van der Waals surface area contributed by atoms with Gasteiger partial charge < -0.3 is 48.6 Å². The number of ketones is 2. The third kappa shape index (κ3) is 21.4. The van der Waals surface area contributed by atoms with E-state index in [0.29, 0.717) is 118 Å². The van der Waals surface area contributed by atoms with Crippen LogP contribution < -0.4 is 0 Å². The number of hydrogen-bond donors (Lipinski definition) is 4. The van der Waals surface area contributed by atoms with Crippen molar-refractivity contribution < 1.29 is 70.9 Å². The Hall–Kier alpha value is -3.93. The van der Waals surface area contributed by atoms with Crippen LogP contribution in [0, 0.1) is 17.8 Å². The molecule has 10 rings (SSSR count). The summed E-state index contributed by atoms with van der Waals surface area (Å²) in [5.41, 5.74) is 2.52. The normalized spacial score (nSPS) is 23.4. The van der Waals surface area contributed by atoms with E-state index in [2.05, 4.69) is 26.4 Å². The first-order valence-electron chi connectivity index (χ1n) is 29.9. The number of alkyl halides is 4. The molecule has 4 aromatic rings. The minimum atomic E-state index is -2.53. The number of carbonyl (C=O) groups is 3. The Bertz CT molecular complexity index is 2650. The van der Waals surface area contributed by atoms with Crippen molar-refractivity contribution in [2.45, 2.75) is 153 Å². The number of likely N-dealkylation sites (N-methyl/N-ethyl adjacent to an activating group) is 2. The molecule has 84 heavy (non-hydrogen) atoms. The number of aliphatic hydroxyl groups excluding tert-OH is 3. The lowest BCUT2D eigenvalue weighted by Crippen LogP contribution is -2.51. The maximum atomic E-state index is 13.4. The van der Waals surface area contributed by atoms with E-state index >= 15 is 0 Å². The molecule has 2 saturated carbocycles. The van der Waals surface area contributed by atoms with E-state index in [-0.39, 0.29) is 86.5 Å². The minimum Gasteiger partial charge on any atom is -0.444 e. The zero-order valence-corrected chi connectivity index (χ0v) is 51.3. The molecule has 6 heterocycles. The molecule has 2 aliphatic carbocycles. The molecular formula is C62H91Cl2F4N5O11. The van der Waals surface area contributed by atoms with Gasteiger partial charge in [0.15, 0.2) is 11.6 Å². The lowest BCUT2D eigenvalue weighted by atomic mass is 9.83. The van der Waals surface area contributed by atoms with E-state index in [9.17, 15) is 31.9 Å². The summed E-state index contributed by atoms with van der Waals surface area (Å²) in [6, 6.07) is 11.3. The molecule has 2 aromatic heterocycles. The summed E-state index contributed by atoms with van der Waals surface area (Å²) in [6.07, 6.45) is 9.34. The highest BCUT2D eigenvalue weighted by atomic mass is 35.5. The fourth-order valence-electron chi connectivity index (χ4n) is 11.2. The third-order valence-corrected chi connectivity index (χ3v) is 17.2. The molecule has 4 unspecified atom stereocenters. The van der Waals surface area contributed by atoms with Crippen LogP contribution in [0.5, 0.6) is 0 Å². The summed E-state index contributed by atoms with van der Waals surface area (Å²) in [4.78, 5) is 46.2. The predicted octanol–water partition coefficient (Wildman–Crippen LogP) is 11.4. The number of ether oxygens (including phenoxy) is 5. The molecule has 22 heteroatoms. The number of nitrogens with one attached hydrogen (secondary N) is 1. The highest BCUT2D eigenvalue weighted by Gasteiger charge is 2.37. The molecule has 4 N–H and O–H groups in total. The van der Waals surface area contributed by atoms with E-state index in [1.807, 2.05) is 64.3 Å². The summed E-state index contributed by atoms with van der Waals surface area (Å²) in [7, 11) is 4.09. The summed E-state index contributed by atoms with van der Waals surface area (Å²) in [5.74, 6) is -4.13. The Labute approximate surface area is 502 Å². The second-order valence-electron chi connectivity index (χ2n) is 24.2. The Morgan fingerprint density at radius 1 is 0.643 bits per heavy atom. The Morgan fingerprint density at radius 3 is 1.65 bits per heavy atom. The average Bonchev–Trinajstić information content (AvgIpc) is 4.33. The van der Waals surface area contributed by atoms with E-state index in [1.165, 1.54) is 4.90 Å². The first-order chi connectivity index (χ1) is 40.0. The van der Waals surface area contributed by atoms with Crippen LogP contribution >= 0.6 is 23.2 Å². The molecule has 4 atom stereocenters. The van der Waals surface area contributed by atoms with Gasteiger partial charge in [0.2, 0.25) is 11.8 Å². The van der Waals surface area contributed by atoms with Gasteiger partial charge in [-0.2, -0.15) is 0 Å². The minimum absolute atomic E-state index is 0.0247. The summed E-state index contributed by atoms with van der Waals surface area (Å²) in [5, 5.41) is 29.1. The third-order valence-electron chi connectivity index (χ3n) is 16.6. The van der Waals surface area contributed by atoms with Crippen LogP contribution in [0.4, 0.5) is 22.4 Å². The summed E-state index contributed by atoms with van der Waals surface area (Å²) in [6.45, 7) is 14.3. The van der Waals surface area contributed by atoms with Gasteiger partial charge >= 0.3 is 6.09 Å². The SMILES string of the molecule is CC(C)(C)OC(=O)N1CCOCC1CO.CN1CCOCC1CO.CN1CCOCC1Cn1cc(C(=O)CCC2CCC(F)(F)CC2)c2c(Cl)cccc21.O=C(CCC1CCC(F)(F)CC1)c1c[nH]c2cccc(Cl)c12.OCC1CCCOC1. The van der Waals surface area contributed by atoms with E-state index in [1.54, 1.807) is 12.3 Å². The van der Waals surface area contributed by atoms with Gasteiger partial charge in [-0.25, -0.2) is 22.4 Å². The van der Waals surface area contributed by atoms with Crippen molar-refractivity contribution in [1.29, 1.82) is 0 Å². The molecule has 0 spiro atoms. The number of Topliss-reactive ketones (excluding diaryl/α,β-unsaturated/α-hetero) is 2. The van der Waals surface area contributed by atoms with E-state index in [0.717, 1.165) is 80.7 Å². The number of aromatic nitrogens is 2. The van der Waals surface area contributed by atoms with Crippen molar-refractivity contribution in [2.75, 3.05) is 106 Å². The number of amides is 1. The molecule has 1 amide bonds. The number of fused-ring (bicyclic) bond motifs is 2. The van der Waals surface area contributed by atoms with E-state index in [4.69, 9.17) is 62.2 Å². The topological polar surface area (TPSA) is 188 Å². The van der Waals surface area contributed by atoms with Crippen molar-refractivity contribution >= 4 is 62.7 Å². The Kier molecular flexibility index (Phi) is 27.5. The van der Waals surface area contributed by atoms with Gasteiger partial charge in [0, 0.05) is 124 Å². The number of hydrogen-bond acceptors (Lipinski definition) is 13. The quantitative estimate of drug-likeness (QED) is 0.0732. The zero-order valence-electron chi connectivity index (χ0n) is 49.8. The van der Waals surface area contributed by atoms with Gasteiger partial charge in [-0.05, 0) is 122 Å². The van der Waals surface area contributed by atoms with Crippen molar-refractivity contribution in [3.63, 3.8) is 0 Å². The molecule has 6 fully saturated rings. The number of benzene rings is 2. The number of H-pyrrole nitrogens is 1. The maximum Gasteiger partial charge on any atom is 0.410 e. The molecule has 2 aromatic carbocycles. The van der Waals surface area contributed by atoms with Crippen LogP contribution in [-0.2, 0) is 30.2 Å². The van der Waals surface area contributed by atoms with Crippen molar-refractivity contribution in [3.8, 4) is 0 Å².